The lowest BCUT2D eigenvalue weighted by Gasteiger charge is -2.19. The van der Waals surface area contributed by atoms with Crippen molar-refractivity contribution in [2.75, 3.05) is 6.54 Å². The van der Waals surface area contributed by atoms with Crippen molar-refractivity contribution < 1.29 is 4.79 Å². The van der Waals surface area contributed by atoms with Crippen LogP contribution in [0.25, 0.3) is 11.4 Å². The van der Waals surface area contributed by atoms with E-state index in [0.717, 1.165) is 16.7 Å². The number of aryl methyl sites for hydroxylation is 1. The van der Waals surface area contributed by atoms with Gasteiger partial charge in [0, 0.05) is 41.7 Å². The normalized spacial score (nSPS) is 10.8. The summed E-state index contributed by atoms with van der Waals surface area (Å²) in [5.41, 5.74) is 3.55. The van der Waals surface area contributed by atoms with Crippen LogP contribution in [0.2, 0.25) is 0 Å². The summed E-state index contributed by atoms with van der Waals surface area (Å²) < 4.78 is 0. The number of aromatic amines is 1. The van der Waals surface area contributed by atoms with Crippen LogP contribution in [0.3, 0.4) is 0 Å². The SMILES string of the molecule is Cc1nc(-c2cccnc2)[nH]c(=O)c1CC(=O)NCC(c1ccccc1)c1ccccc1. The number of nitrogens with one attached hydrogen (secondary N) is 2. The molecule has 4 rings (SSSR count). The molecule has 0 aliphatic rings. The van der Waals surface area contributed by atoms with Gasteiger partial charge in [-0.3, -0.25) is 14.6 Å². The molecule has 0 atom stereocenters. The topological polar surface area (TPSA) is 87.7 Å². The molecule has 6 heteroatoms. The number of nitrogens with zero attached hydrogens (tertiary/aromatic N) is 2. The number of aromatic nitrogens is 3. The van der Waals surface area contributed by atoms with E-state index in [9.17, 15) is 9.59 Å². The number of carbonyl (C=O) groups is 1. The Kier molecular flexibility index (Phi) is 6.51. The molecular weight excluding hydrogens is 400 g/mol. The standard InChI is InChI=1S/C26H24N4O2/c1-18-22(26(32)30-25(29-18)21-13-8-14-27-16-21)15-24(31)28-17-23(19-9-4-2-5-10-19)20-11-6-3-7-12-20/h2-14,16,23H,15,17H2,1H3,(H,28,31)(H,29,30,32). The van der Waals surface area contributed by atoms with Crippen molar-refractivity contribution in [1.82, 2.24) is 20.3 Å². The summed E-state index contributed by atoms with van der Waals surface area (Å²) in [5.74, 6) is 0.246. The van der Waals surface area contributed by atoms with E-state index in [1.807, 2.05) is 42.5 Å². The maximum Gasteiger partial charge on any atom is 0.255 e. The Hall–Kier alpha value is -4.06. The van der Waals surface area contributed by atoms with Gasteiger partial charge in [0.1, 0.15) is 5.82 Å². The number of amides is 1. The molecule has 0 fully saturated rings. The number of rotatable bonds is 7. The predicted octanol–water partition coefficient (Wildman–Crippen LogP) is 3.63. The number of carbonyl (C=O) groups excluding carboxylic acids is 1. The van der Waals surface area contributed by atoms with Crippen LogP contribution in [0, 0.1) is 6.92 Å². The molecule has 160 valence electrons. The first kappa shape index (κ1) is 21.2. The highest BCUT2D eigenvalue weighted by Crippen LogP contribution is 2.23. The number of benzene rings is 2. The Morgan fingerprint density at radius 2 is 1.62 bits per heavy atom. The lowest BCUT2D eigenvalue weighted by Crippen LogP contribution is -2.32. The van der Waals surface area contributed by atoms with Gasteiger partial charge in [-0.1, -0.05) is 60.7 Å². The maximum atomic E-state index is 12.7. The largest absolute Gasteiger partial charge is 0.355 e. The van der Waals surface area contributed by atoms with E-state index in [1.54, 1.807) is 25.4 Å². The first-order valence-electron chi connectivity index (χ1n) is 10.5. The Labute approximate surface area is 186 Å². The van der Waals surface area contributed by atoms with Crippen molar-refractivity contribution in [3.63, 3.8) is 0 Å². The third kappa shape index (κ3) is 4.98. The zero-order valence-electron chi connectivity index (χ0n) is 17.8. The third-order valence-electron chi connectivity index (χ3n) is 5.40. The summed E-state index contributed by atoms with van der Waals surface area (Å²) in [6.07, 6.45) is 3.26. The van der Waals surface area contributed by atoms with Gasteiger partial charge in [-0.05, 0) is 30.2 Å². The van der Waals surface area contributed by atoms with Crippen LogP contribution in [0.1, 0.15) is 28.3 Å². The van der Waals surface area contributed by atoms with Gasteiger partial charge < -0.3 is 10.3 Å². The Bertz CT molecular complexity index is 1200. The Balaban J connectivity index is 1.49. The van der Waals surface area contributed by atoms with Gasteiger partial charge in [0.05, 0.1) is 6.42 Å². The highest BCUT2D eigenvalue weighted by molar-refractivity contribution is 5.79. The molecule has 2 aromatic carbocycles. The molecule has 32 heavy (non-hydrogen) atoms. The van der Waals surface area contributed by atoms with Crippen molar-refractivity contribution >= 4 is 5.91 Å². The summed E-state index contributed by atoms with van der Waals surface area (Å²) in [5, 5.41) is 3.00. The molecule has 1 amide bonds. The van der Waals surface area contributed by atoms with Gasteiger partial charge in [-0.25, -0.2) is 4.98 Å². The van der Waals surface area contributed by atoms with Crippen molar-refractivity contribution in [3.8, 4) is 11.4 Å². The van der Waals surface area contributed by atoms with Crippen LogP contribution < -0.4 is 10.9 Å². The van der Waals surface area contributed by atoms with Crippen molar-refractivity contribution in [2.24, 2.45) is 0 Å². The third-order valence-corrected chi connectivity index (χ3v) is 5.40. The fourth-order valence-corrected chi connectivity index (χ4v) is 3.70. The van der Waals surface area contributed by atoms with Crippen LogP contribution in [-0.2, 0) is 11.2 Å². The average molecular weight is 425 g/mol. The highest BCUT2D eigenvalue weighted by atomic mass is 16.2. The lowest BCUT2D eigenvalue weighted by molar-refractivity contribution is -0.120. The summed E-state index contributed by atoms with van der Waals surface area (Å²) in [7, 11) is 0. The van der Waals surface area contributed by atoms with Gasteiger partial charge in [-0.15, -0.1) is 0 Å². The van der Waals surface area contributed by atoms with Crippen molar-refractivity contribution in [2.45, 2.75) is 19.3 Å². The van der Waals surface area contributed by atoms with Gasteiger partial charge >= 0.3 is 0 Å². The molecular formula is C26H24N4O2. The number of H-pyrrole nitrogens is 1. The van der Waals surface area contributed by atoms with Crippen molar-refractivity contribution in [3.05, 3.63) is 118 Å². The summed E-state index contributed by atoms with van der Waals surface area (Å²) in [6, 6.07) is 23.7. The van der Waals surface area contributed by atoms with Crippen LogP contribution >= 0.6 is 0 Å². The smallest absolute Gasteiger partial charge is 0.255 e. The van der Waals surface area contributed by atoms with Gasteiger partial charge in [-0.2, -0.15) is 0 Å². The van der Waals surface area contributed by atoms with E-state index in [2.05, 4.69) is 44.5 Å². The van der Waals surface area contributed by atoms with Gasteiger partial charge in [0.15, 0.2) is 0 Å². The number of hydrogen-bond acceptors (Lipinski definition) is 4. The first-order chi connectivity index (χ1) is 15.6. The quantitative estimate of drug-likeness (QED) is 0.474. The molecule has 0 unspecified atom stereocenters. The molecule has 2 heterocycles. The number of pyridine rings is 1. The zero-order chi connectivity index (χ0) is 22.3. The molecule has 2 aromatic heterocycles. The molecule has 0 saturated heterocycles. The molecule has 0 spiro atoms. The van der Waals surface area contributed by atoms with Crippen molar-refractivity contribution in [1.29, 1.82) is 0 Å². The Morgan fingerprint density at radius 1 is 0.969 bits per heavy atom. The molecule has 0 aliphatic carbocycles. The minimum absolute atomic E-state index is 0.0202. The van der Waals surface area contributed by atoms with Gasteiger partial charge in [0.2, 0.25) is 5.91 Å². The molecule has 2 N–H and O–H groups in total. The minimum atomic E-state index is -0.311. The second-order valence-corrected chi connectivity index (χ2v) is 7.58. The van der Waals surface area contributed by atoms with E-state index in [1.165, 1.54) is 0 Å². The average Bonchev–Trinajstić information content (AvgIpc) is 2.83. The molecule has 0 radical (unpaired) electrons. The lowest BCUT2D eigenvalue weighted by atomic mass is 9.91. The molecule has 6 nitrogen and oxygen atoms in total. The maximum absolute atomic E-state index is 12.7. The fourth-order valence-electron chi connectivity index (χ4n) is 3.70. The van der Waals surface area contributed by atoms with Crippen LogP contribution in [0.4, 0.5) is 0 Å². The van der Waals surface area contributed by atoms with E-state index in [4.69, 9.17) is 0 Å². The first-order valence-corrected chi connectivity index (χ1v) is 10.5. The van der Waals surface area contributed by atoms with Crippen LogP contribution in [0.5, 0.6) is 0 Å². The summed E-state index contributed by atoms with van der Waals surface area (Å²) in [4.78, 5) is 36.7. The zero-order valence-corrected chi connectivity index (χ0v) is 17.8. The molecule has 0 aliphatic heterocycles. The summed E-state index contributed by atoms with van der Waals surface area (Å²) in [6.45, 7) is 2.18. The second-order valence-electron chi connectivity index (χ2n) is 7.58. The van der Waals surface area contributed by atoms with Gasteiger partial charge in [0.25, 0.3) is 5.56 Å². The molecule has 0 saturated carbocycles. The van der Waals surface area contributed by atoms with Crippen LogP contribution in [0.15, 0.2) is 90.0 Å². The summed E-state index contributed by atoms with van der Waals surface area (Å²) >= 11 is 0. The predicted molar refractivity (Wildman–Crippen MR) is 124 cm³/mol. The molecule has 4 aromatic rings. The van der Waals surface area contributed by atoms with E-state index >= 15 is 0 Å². The van der Waals surface area contributed by atoms with E-state index < -0.39 is 0 Å². The fraction of sp³-hybridized carbons (Fsp3) is 0.154. The number of hydrogen-bond donors (Lipinski definition) is 2. The van der Waals surface area contributed by atoms with Crippen LogP contribution in [-0.4, -0.2) is 27.4 Å². The van der Waals surface area contributed by atoms with E-state index in [-0.39, 0.29) is 23.8 Å². The molecule has 0 bridgehead atoms. The van der Waals surface area contributed by atoms with E-state index in [0.29, 0.717) is 23.6 Å². The highest BCUT2D eigenvalue weighted by Gasteiger charge is 2.17. The monoisotopic (exact) mass is 424 g/mol. The Morgan fingerprint density at radius 3 is 2.19 bits per heavy atom. The second kappa shape index (κ2) is 9.83. The minimum Gasteiger partial charge on any atom is -0.355 e.